The van der Waals surface area contributed by atoms with Crippen molar-refractivity contribution < 1.29 is 28.6 Å². The molecule has 1 atom stereocenters. The summed E-state index contributed by atoms with van der Waals surface area (Å²) in [5.74, 6) is 2.42. The van der Waals surface area contributed by atoms with Crippen LogP contribution in [0.5, 0.6) is 17.2 Å². The average molecular weight is 565 g/mol. The summed E-state index contributed by atoms with van der Waals surface area (Å²) in [6.45, 7) is 10.3. The molecule has 0 spiro atoms. The van der Waals surface area contributed by atoms with Gasteiger partial charge < -0.3 is 24.4 Å². The quantitative estimate of drug-likeness (QED) is 0.445. The number of carbonyl (C=O) groups is 3. The fourth-order valence-corrected chi connectivity index (χ4v) is 6.00. The van der Waals surface area contributed by atoms with Gasteiger partial charge in [0.05, 0.1) is 5.70 Å². The molecule has 1 unspecified atom stereocenters. The maximum atomic E-state index is 12.7. The van der Waals surface area contributed by atoms with Gasteiger partial charge in [-0.05, 0) is 100 Å². The van der Waals surface area contributed by atoms with Crippen molar-refractivity contribution in [3.8, 4) is 17.2 Å². The molecule has 0 aromatic heterocycles. The third kappa shape index (κ3) is 5.99. The Morgan fingerprint density at radius 1 is 1.05 bits per heavy atom. The first kappa shape index (κ1) is 28.1. The molecule has 2 amide bonds. The first-order valence-electron chi connectivity index (χ1n) is 13.8. The zero-order valence-corrected chi connectivity index (χ0v) is 24.4. The number of nitrogens with one attached hydrogen (secondary N) is 1. The summed E-state index contributed by atoms with van der Waals surface area (Å²) in [6, 6.07) is 7.38. The normalized spacial score (nSPS) is 21.6. The molecular weight excluding hydrogens is 528 g/mol. The lowest BCUT2D eigenvalue weighted by atomic mass is 9.87. The van der Waals surface area contributed by atoms with Crippen LogP contribution >= 0.6 is 11.8 Å². The second-order valence-electron chi connectivity index (χ2n) is 11.0. The number of rotatable bonds is 7. The first-order chi connectivity index (χ1) is 19.1. The van der Waals surface area contributed by atoms with Crippen molar-refractivity contribution in [2.24, 2.45) is 0 Å². The molecule has 8 nitrogen and oxygen atoms in total. The van der Waals surface area contributed by atoms with Crippen LogP contribution in [0.15, 0.2) is 30.0 Å². The number of nitrogens with zero attached hydrogens (tertiary/aromatic N) is 1. The van der Waals surface area contributed by atoms with Crippen molar-refractivity contribution in [2.75, 3.05) is 26.3 Å². The van der Waals surface area contributed by atoms with Crippen LogP contribution in [-0.2, 0) is 16.0 Å². The molecule has 9 heteroatoms. The van der Waals surface area contributed by atoms with E-state index in [1.54, 1.807) is 6.08 Å². The largest absolute Gasteiger partial charge is 0.489 e. The minimum Gasteiger partial charge on any atom is -0.489 e. The number of ether oxygens (including phenoxy) is 3. The van der Waals surface area contributed by atoms with Crippen molar-refractivity contribution in [3.63, 3.8) is 0 Å². The molecule has 0 radical (unpaired) electrons. The number of piperidine rings is 1. The van der Waals surface area contributed by atoms with Gasteiger partial charge in [0.25, 0.3) is 11.1 Å². The molecule has 1 N–H and O–H groups in total. The van der Waals surface area contributed by atoms with Crippen LogP contribution < -0.4 is 19.5 Å². The molecule has 3 aliphatic heterocycles. The van der Waals surface area contributed by atoms with Crippen LogP contribution in [0.4, 0.5) is 4.79 Å². The van der Waals surface area contributed by atoms with Crippen molar-refractivity contribution in [3.05, 3.63) is 57.8 Å². The topological polar surface area (TPSA) is 94.2 Å². The van der Waals surface area contributed by atoms with E-state index in [0.29, 0.717) is 24.1 Å². The molecule has 2 saturated heterocycles. The molecule has 3 aliphatic rings. The van der Waals surface area contributed by atoms with Gasteiger partial charge in [0.1, 0.15) is 29.5 Å². The summed E-state index contributed by atoms with van der Waals surface area (Å²) in [6.07, 6.45) is 6.57. The van der Waals surface area contributed by atoms with Crippen molar-refractivity contribution in [1.29, 1.82) is 0 Å². The Balaban J connectivity index is 1.23. The Kier molecular flexibility index (Phi) is 8.12. The highest BCUT2D eigenvalue weighted by Gasteiger charge is 2.36. The average Bonchev–Trinajstić information content (AvgIpc) is 3.27. The van der Waals surface area contributed by atoms with E-state index in [4.69, 9.17) is 14.2 Å². The number of carbonyl (C=O) groups excluding carboxylic acids is 3. The Hall–Kier alpha value is -3.46. The smallest absolute Gasteiger partial charge is 0.291 e. The number of fused-ring (bicyclic) bond motifs is 1. The van der Waals surface area contributed by atoms with Gasteiger partial charge in [-0.2, -0.15) is 0 Å². The van der Waals surface area contributed by atoms with Gasteiger partial charge in [-0.25, -0.2) is 0 Å². The van der Waals surface area contributed by atoms with E-state index >= 15 is 0 Å². The zero-order valence-electron chi connectivity index (χ0n) is 23.6. The molecule has 0 bridgehead atoms. The lowest BCUT2D eigenvalue weighted by Gasteiger charge is -2.38. The van der Waals surface area contributed by atoms with E-state index in [1.165, 1.54) is 6.42 Å². The second-order valence-corrected chi connectivity index (χ2v) is 12.0. The highest BCUT2D eigenvalue weighted by Crippen LogP contribution is 2.44. The fourth-order valence-electron chi connectivity index (χ4n) is 5.45. The molecule has 2 fully saturated rings. The van der Waals surface area contributed by atoms with E-state index in [0.717, 1.165) is 78.1 Å². The molecule has 3 heterocycles. The van der Waals surface area contributed by atoms with Crippen LogP contribution in [0.1, 0.15) is 60.4 Å². The van der Waals surface area contributed by atoms with Crippen molar-refractivity contribution in [1.82, 2.24) is 10.2 Å². The Morgan fingerprint density at radius 2 is 1.77 bits per heavy atom. The highest BCUT2D eigenvalue weighted by atomic mass is 32.2. The van der Waals surface area contributed by atoms with Gasteiger partial charge in [-0.3, -0.25) is 14.4 Å². The first-order valence-corrected chi connectivity index (χ1v) is 14.6. The van der Waals surface area contributed by atoms with Crippen LogP contribution in [-0.4, -0.2) is 53.1 Å². The van der Waals surface area contributed by atoms with E-state index in [1.807, 2.05) is 43.0 Å². The molecule has 2 aromatic carbocycles. The van der Waals surface area contributed by atoms with Crippen molar-refractivity contribution in [2.45, 2.75) is 65.4 Å². The number of amides is 2. The maximum absolute atomic E-state index is 12.7. The fraction of sp³-hybridized carbons (Fsp3) is 0.452. The van der Waals surface area contributed by atoms with Gasteiger partial charge >= 0.3 is 0 Å². The monoisotopic (exact) mass is 564 g/mol. The van der Waals surface area contributed by atoms with Crippen LogP contribution in [0, 0.1) is 20.8 Å². The Bertz CT molecular complexity index is 1360. The van der Waals surface area contributed by atoms with Gasteiger partial charge in [-0.15, -0.1) is 0 Å². The Labute approximate surface area is 239 Å². The second kappa shape index (κ2) is 11.6. The van der Waals surface area contributed by atoms with E-state index in [2.05, 4.69) is 19.2 Å². The predicted octanol–water partition coefficient (Wildman–Crippen LogP) is 5.49. The summed E-state index contributed by atoms with van der Waals surface area (Å²) >= 11 is 0.664. The minimum absolute atomic E-state index is 0.0531. The molecule has 0 aliphatic carbocycles. The SMILES string of the molecule is Cc1c(C)c2c(c(C)c1OCC(=O)N1CCCCC1)CCC(C)(COc1ccc(C=C3NC(=O)SC3=O)cc1)O2. The molecule has 212 valence electrons. The number of benzene rings is 2. The summed E-state index contributed by atoms with van der Waals surface area (Å²) in [4.78, 5) is 37.8. The van der Waals surface area contributed by atoms with E-state index in [-0.39, 0.29) is 28.6 Å². The molecule has 40 heavy (non-hydrogen) atoms. The Morgan fingerprint density at radius 3 is 2.45 bits per heavy atom. The van der Waals surface area contributed by atoms with Gasteiger partial charge in [0.2, 0.25) is 5.12 Å². The minimum atomic E-state index is -0.512. The number of hydrogen-bond donors (Lipinski definition) is 1. The van der Waals surface area contributed by atoms with Crippen molar-refractivity contribution >= 4 is 34.1 Å². The third-order valence-corrected chi connectivity index (χ3v) is 8.68. The summed E-state index contributed by atoms with van der Waals surface area (Å²) in [7, 11) is 0. The summed E-state index contributed by atoms with van der Waals surface area (Å²) < 4.78 is 18.9. The highest BCUT2D eigenvalue weighted by molar-refractivity contribution is 8.27. The van der Waals surface area contributed by atoms with Crippen LogP contribution in [0.2, 0.25) is 0 Å². The zero-order chi connectivity index (χ0) is 28.4. The standard InChI is InChI=1S/C31H36N2O6S/c1-19-20(2)28-24(21(3)27(19)37-17-26(34)33-14-6-5-7-15-33)12-13-31(4,39-28)18-38-23-10-8-22(9-11-23)16-25-29(35)40-30(36)32-25/h8-11,16H,5-7,12-15,17-18H2,1-4H3,(H,32,36). The lowest BCUT2D eigenvalue weighted by molar-refractivity contribution is -0.134. The lowest BCUT2D eigenvalue weighted by Crippen LogP contribution is -2.42. The van der Waals surface area contributed by atoms with Crippen LogP contribution in [0.25, 0.3) is 6.08 Å². The molecule has 5 rings (SSSR count). The third-order valence-electron chi connectivity index (χ3n) is 7.99. The summed E-state index contributed by atoms with van der Waals surface area (Å²) in [5, 5.41) is 1.92. The molecule has 0 saturated carbocycles. The maximum Gasteiger partial charge on any atom is 0.291 e. The van der Waals surface area contributed by atoms with Crippen LogP contribution in [0.3, 0.4) is 0 Å². The number of likely N-dealkylation sites (tertiary alicyclic amines) is 1. The summed E-state index contributed by atoms with van der Waals surface area (Å²) in [5.41, 5.74) is 4.75. The van der Waals surface area contributed by atoms with E-state index < -0.39 is 5.60 Å². The molecular formula is C31H36N2O6S. The predicted molar refractivity (Wildman–Crippen MR) is 155 cm³/mol. The number of hydrogen-bond acceptors (Lipinski definition) is 7. The number of thioether (sulfide) groups is 1. The molecule has 2 aromatic rings. The van der Waals surface area contributed by atoms with Gasteiger partial charge in [0.15, 0.2) is 6.61 Å². The van der Waals surface area contributed by atoms with Gasteiger partial charge in [0, 0.05) is 30.4 Å². The van der Waals surface area contributed by atoms with E-state index in [9.17, 15) is 14.4 Å². The van der Waals surface area contributed by atoms with Gasteiger partial charge in [-0.1, -0.05) is 12.1 Å².